The average molecular weight is 437 g/mol. The fraction of sp³-hybridized carbons (Fsp3) is 0.261. The van der Waals surface area contributed by atoms with E-state index >= 15 is 0 Å². The number of nitrogens with zero attached hydrogens (tertiary/aromatic N) is 3. The Hall–Kier alpha value is -3.16. The molecule has 0 unspecified atom stereocenters. The van der Waals surface area contributed by atoms with Gasteiger partial charge in [0.2, 0.25) is 5.96 Å². The number of hydrazine groups is 1. The molecule has 4 rings (SSSR count). The summed E-state index contributed by atoms with van der Waals surface area (Å²) < 4.78 is 5.43. The van der Waals surface area contributed by atoms with Gasteiger partial charge in [-0.15, -0.1) is 0 Å². The highest BCUT2D eigenvalue weighted by Gasteiger charge is 2.35. The van der Waals surface area contributed by atoms with E-state index in [2.05, 4.69) is 0 Å². The Labute approximate surface area is 186 Å². The van der Waals surface area contributed by atoms with Crippen molar-refractivity contribution in [2.24, 2.45) is 11.6 Å². The van der Waals surface area contributed by atoms with Gasteiger partial charge in [-0.25, -0.2) is 15.8 Å². The first kappa shape index (κ1) is 21.1. The monoisotopic (exact) mass is 436 g/mol. The van der Waals surface area contributed by atoms with Crippen molar-refractivity contribution in [3.8, 4) is 5.75 Å². The van der Waals surface area contributed by atoms with Crippen LogP contribution in [0.25, 0.3) is 23.1 Å². The van der Waals surface area contributed by atoms with Gasteiger partial charge in [0.15, 0.2) is 5.82 Å². The number of guanidine groups is 1. The lowest BCUT2D eigenvalue weighted by Gasteiger charge is -2.29. The Kier molecular flexibility index (Phi) is 6.06. The first-order valence-electron chi connectivity index (χ1n) is 10.1. The Morgan fingerprint density at radius 1 is 1.16 bits per heavy atom. The minimum absolute atomic E-state index is 0.0363. The van der Waals surface area contributed by atoms with E-state index < -0.39 is 0 Å². The van der Waals surface area contributed by atoms with E-state index in [9.17, 15) is 0 Å². The number of nitrogens with two attached hydrogens (primary N) is 2. The van der Waals surface area contributed by atoms with Gasteiger partial charge in [-0.2, -0.15) is 0 Å². The summed E-state index contributed by atoms with van der Waals surface area (Å²) in [7, 11) is 1.64. The maximum absolute atomic E-state index is 7.77. The number of aromatic nitrogens is 2. The van der Waals surface area contributed by atoms with Crippen LogP contribution >= 0.6 is 11.6 Å². The molecule has 0 aliphatic heterocycles. The highest BCUT2D eigenvalue weighted by molar-refractivity contribution is 6.30. The van der Waals surface area contributed by atoms with Crippen molar-refractivity contribution in [1.29, 1.82) is 5.41 Å². The summed E-state index contributed by atoms with van der Waals surface area (Å²) in [5.74, 6) is 7.37. The summed E-state index contributed by atoms with van der Waals surface area (Å²) in [6.45, 7) is 0. The fourth-order valence-corrected chi connectivity index (χ4v) is 4.28. The quantitative estimate of drug-likeness (QED) is 0.239. The molecular formula is C23H25ClN6O. The molecule has 5 N–H and O–H groups in total. The number of fused-ring (bicyclic) bond motifs is 1. The third kappa shape index (κ3) is 4.47. The molecule has 1 aromatic heterocycles. The molecule has 2 aromatic carbocycles. The van der Waals surface area contributed by atoms with Gasteiger partial charge in [-0.1, -0.05) is 36.2 Å². The van der Waals surface area contributed by atoms with Gasteiger partial charge in [0.25, 0.3) is 0 Å². The Morgan fingerprint density at radius 3 is 2.65 bits per heavy atom. The number of benzene rings is 2. The van der Waals surface area contributed by atoms with Crippen LogP contribution in [0, 0.1) is 5.41 Å². The predicted molar refractivity (Wildman–Crippen MR) is 125 cm³/mol. The van der Waals surface area contributed by atoms with E-state index in [1.807, 2.05) is 54.6 Å². The van der Waals surface area contributed by atoms with Crippen LogP contribution in [-0.4, -0.2) is 34.1 Å². The maximum atomic E-state index is 7.77. The van der Waals surface area contributed by atoms with Crippen molar-refractivity contribution < 1.29 is 4.74 Å². The summed E-state index contributed by atoms with van der Waals surface area (Å²) in [5, 5.41) is 10.7. The van der Waals surface area contributed by atoms with Crippen molar-refractivity contribution in [1.82, 2.24) is 15.0 Å². The smallest absolute Gasteiger partial charge is 0.203 e. The van der Waals surface area contributed by atoms with E-state index in [4.69, 9.17) is 43.3 Å². The van der Waals surface area contributed by atoms with Crippen LogP contribution in [-0.2, 0) is 0 Å². The lowest BCUT2D eigenvalue weighted by Crippen LogP contribution is -2.50. The van der Waals surface area contributed by atoms with Crippen LogP contribution in [0.15, 0.2) is 42.5 Å². The van der Waals surface area contributed by atoms with Gasteiger partial charge in [-0.05, 0) is 54.8 Å². The highest BCUT2D eigenvalue weighted by atomic mass is 35.5. The molecule has 1 fully saturated rings. The first-order valence-corrected chi connectivity index (χ1v) is 10.5. The summed E-state index contributed by atoms with van der Waals surface area (Å²) >= 11 is 5.98. The number of hydrogen-bond acceptors (Lipinski definition) is 5. The second kappa shape index (κ2) is 8.91. The van der Waals surface area contributed by atoms with Gasteiger partial charge in [0, 0.05) is 16.3 Å². The van der Waals surface area contributed by atoms with E-state index in [-0.39, 0.29) is 17.9 Å². The molecule has 1 aliphatic carbocycles. The zero-order chi connectivity index (χ0) is 22.0. The van der Waals surface area contributed by atoms with Crippen molar-refractivity contribution in [3.63, 3.8) is 0 Å². The van der Waals surface area contributed by atoms with Crippen molar-refractivity contribution in [2.45, 2.75) is 31.2 Å². The van der Waals surface area contributed by atoms with E-state index in [1.54, 1.807) is 7.11 Å². The van der Waals surface area contributed by atoms with Crippen LogP contribution in [0.5, 0.6) is 5.75 Å². The maximum Gasteiger partial charge on any atom is 0.203 e. The van der Waals surface area contributed by atoms with Crippen molar-refractivity contribution >= 4 is 40.6 Å². The number of ether oxygens (including phenoxy) is 1. The molecule has 31 heavy (non-hydrogen) atoms. The molecule has 0 saturated heterocycles. The minimum atomic E-state index is -0.143. The van der Waals surface area contributed by atoms with Crippen LogP contribution in [0.4, 0.5) is 0 Å². The normalized spacial score (nSPS) is 18.5. The molecule has 1 aliphatic rings. The Morgan fingerprint density at radius 2 is 1.94 bits per heavy atom. The lowest BCUT2D eigenvalue weighted by molar-refractivity contribution is 0.294. The fourth-order valence-electron chi connectivity index (χ4n) is 4.15. The number of nitrogens with one attached hydrogen (secondary N) is 1. The molecule has 8 heteroatoms. The zero-order valence-electron chi connectivity index (χ0n) is 17.3. The van der Waals surface area contributed by atoms with Gasteiger partial charge < -0.3 is 10.5 Å². The lowest BCUT2D eigenvalue weighted by atomic mass is 9.95. The van der Waals surface area contributed by atoms with Crippen molar-refractivity contribution in [3.05, 3.63) is 64.6 Å². The third-order valence-corrected chi connectivity index (χ3v) is 5.96. The Bertz CT molecular complexity index is 1130. The molecule has 3 aromatic rings. The van der Waals surface area contributed by atoms with Crippen LogP contribution in [0.3, 0.4) is 0 Å². The standard InChI is InChI=1S/C23H25ClN6O/c1-31-16-10-11-19-18(13-16)22(17-3-2-4-20(17)30(27)23(25)26)29-21(28-19)12-7-14-5-8-15(24)9-6-14/h5-13,17,20H,2-4,27H2,1H3,(H3,25,26)/t17-,20+/m0/s1. The first-order chi connectivity index (χ1) is 15.0. The second-order valence-electron chi connectivity index (χ2n) is 7.63. The topological polar surface area (TPSA) is 114 Å². The molecule has 160 valence electrons. The van der Waals surface area contributed by atoms with Crippen LogP contribution < -0.4 is 16.3 Å². The summed E-state index contributed by atoms with van der Waals surface area (Å²) in [6, 6.07) is 13.3. The van der Waals surface area contributed by atoms with Crippen molar-refractivity contribution in [2.75, 3.05) is 7.11 Å². The number of hydrogen-bond donors (Lipinski definition) is 3. The molecule has 0 bridgehead atoms. The number of halogens is 1. The molecule has 0 spiro atoms. The van der Waals surface area contributed by atoms with E-state index in [0.717, 1.165) is 47.2 Å². The SMILES string of the molecule is COc1ccc2nc(C=Cc3ccc(Cl)cc3)nc([C@H]3CCC[C@H]3N(N)C(=N)N)c2c1. The van der Waals surface area contributed by atoms with Crippen LogP contribution in [0.2, 0.25) is 5.02 Å². The largest absolute Gasteiger partial charge is 0.497 e. The predicted octanol–water partition coefficient (Wildman–Crippen LogP) is 4.17. The molecule has 0 amide bonds. The van der Waals surface area contributed by atoms with E-state index in [0.29, 0.717) is 10.8 Å². The van der Waals surface area contributed by atoms with Gasteiger partial charge >= 0.3 is 0 Å². The summed E-state index contributed by atoms with van der Waals surface area (Å²) in [6.07, 6.45) is 6.61. The number of methoxy groups -OCH3 is 1. The zero-order valence-corrected chi connectivity index (χ0v) is 18.0. The minimum Gasteiger partial charge on any atom is -0.497 e. The third-order valence-electron chi connectivity index (χ3n) is 5.71. The van der Waals surface area contributed by atoms with Crippen LogP contribution in [0.1, 0.15) is 42.3 Å². The van der Waals surface area contributed by atoms with Gasteiger partial charge in [0.1, 0.15) is 5.75 Å². The molecule has 1 saturated carbocycles. The van der Waals surface area contributed by atoms with Gasteiger partial charge in [-0.3, -0.25) is 10.4 Å². The molecule has 0 radical (unpaired) electrons. The molecular weight excluding hydrogens is 412 g/mol. The van der Waals surface area contributed by atoms with E-state index in [1.165, 1.54) is 5.01 Å². The summed E-state index contributed by atoms with van der Waals surface area (Å²) in [5.41, 5.74) is 8.42. The van der Waals surface area contributed by atoms with Gasteiger partial charge in [0.05, 0.1) is 24.4 Å². The molecule has 2 atom stereocenters. The second-order valence-corrected chi connectivity index (χ2v) is 8.07. The Balaban J connectivity index is 1.79. The number of rotatable bonds is 5. The molecule has 7 nitrogen and oxygen atoms in total. The average Bonchev–Trinajstić information content (AvgIpc) is 3.26. The highest BCUT2D eigenvalue weighted by Crippen LogP contribution is 2.39. The summed E-state index contributed by atoms with van der Waals surface area (Å²) in [4.78, 5) is 9.64. The molecule has 1 heterocycles.